The van der Waals surface area contributed by atoms with Gasteiger partial charge in [0, 0.05) is 0 Å². The molecule has 2 aliphatic rings. The highest BCUT2D eigenvalue weighted by Crippen LogP contribution is 2.38. The highest BCUT2D eigenvalue weighted by molar-refractivity contribution is 5.64. The summed E-state index contributed by atoms with van der Waals surface area (Å²) in [6.07, 6.45) is 16.5. The second-order valence-corrected chi connectivity index (χ2v) is 10.7. The zero-order valence-electron chi connectivity index (χ0n) is 21.6. The lowest BCUT2D eigenvalue weighted by Crippen LogP contribution is -2.31. The molecule has 1 heterocycles. The zero-order valence-corrected chi connectivity index (χ0v) is 21.6. The smallest absolute Gasteiger partial charge is 0.106 e. The van der Waals surface area contributed by atoms with Crippen LogP contribution >= 0.6 is 0 Å². The third kappa shape index (κ3) is 7.18. The third-order valence-electron chi connectivity index (χ3n) is 8.16. The molecule has 0 unspecified atom stereocenters. The van der Waals surface area contributed by atoms with Crippen LogP contribution in [-0.4, -0.2) is 19.3 Å². The number of benzene rings is 2. The lowest BCUT2D eigenvalue weighted by molar-refractivity contribution is -0.137. The van der Waals surface area contributed by atoms with Crippen molar-refractivity contribution < 1.29 is 9.47 Å². The van der Waals surface area contributed by atoms with Gasteiger partial charge in [0.2, 0.25) is 0 Å². The van der Waals surface area contributed by atoms with Crippen molar-refractivity contribution in [2.45, 2.75) is 109 Å². The molecular formula is C32H46O2. The zero-order chi connectivity index (χ0) is 23.6. The van der Waals surface area contributed by atoms with E-state index in [9.17, 15) is 0 Å². The van der Waals surface area contributed by atoms with Gasteiger partial charge < -0.3 is 9.47 Å². The van der Waals surface area contributed by atoms with Crippen LogP contribution in [0.25, 0.3) is 11.1 Å². The molecule has 2 aromatic rings. The van der Waals surface area contributed by atoms with Crippen molar-refractivity contribution in [1.82, 2.24) is 0 Å². The van der Waals surface area contributed by atoms with E-state index in [0.29, 0.717) is 13.2 Å². The Morgan fingerprint density at radius 1 is 0.618 bits per heavy atom. The standard InChI is InChI=1S/C32H46O2/c1-3-5-7-8-9-25-11-13-26(14-12-25)27-15-17-28(18-16-27)29-19-21-30(22-20-29)32-24-33-31(23-34-32)10-6-4-2/h15-22,25-26,31-32H,3-14,23-24H2,1-2H3/t25?,26?,31-,32-/m0/s1. The Hall–Kier alpha value is -1.64. The van der Waals surface area contributed by atoms with Crippen LogP contribution in [-0.2, 0) is 9.47 Å². The van der Waals surface area contributed by atoms with Crippen molar-refractivity contribution in [3.05, 3.63) is 59.7 Å². The summed E-state index contributed by atoms with van der Waals surface area (Å²) in [5.74, 6) is 1.74. The quantitative estimate of drug-likeness (QED) is 0.310. The summed E-state index contributed by atoms with van der Waals surface area (Å²) < 4.78 is 12.2. The largest absolute Gasteiger partial charge is 0.373 e. The van der Waals surface area contributed by atoms with E-state index < -0.39 is 0 Å². The average molecular weight is 463 g/mol. The van der Waals surface area contributed by atoms with Gasteiger partial charge in [-0.3, -0.25) is 0 Å². The molecule has 1 aliphatic carbocycles. The molecule has 1 aliphatic heterocycles. The summed E-state index contributed by atoms with van der Waals surface area (Å²) in [7, 11) is 0. The third-order valence-corrected chi connectivity index (χ3v) is 8.16. The Balaban J connectivity index is 1.25. The van der Waals surface area contributed by atoms with Crippen LogP contribution in [0.4, 0.5) is 0 Å². The minimum atomic E-state index is 0.0658. The lowest BCUT2D eigenvalue weighted by Gasteiger charge is -2.30. The highest BCUT2D eigenvalue weighted by Gasteiger charge is 2.24. The van der Waals surface area contributed by atoms with Gasteiger partial charge >= 0.3 is 0 Å². The van der Waals surface area contributed by atoms with Gasteiger partial charge in [-0.15, -0.1) is 0 Å². The second kappa shape index (κ2) is 13.4. The molecule has 1 saturated carbocycles. The molecule has 2 aromatic carbocycles. The van der Waals surface area contributed by atoms with Crippen LogP contribution in [0.15, 0.2) is 48.5 Å². The molecule has 0 spiro atoms. The number of ether oxygens (including phenoxy) is 2. The predicted molar refractivity (Wildman–Crippen MR) is 143 cm³/mol. The normalized spacial score (nSPS) is 25.4. The summed E-state index contributed by atoms with van der Waals surface area (Å²) in [6, 6.07) is 18.3. The fourth-order valence-corrected chi connectivity index (χ4v) is 5.82. The van der Waals surface area contributed by atoms with E-state index in [2.05, 4.69) is 62.4 Å². The Labute approximate surface area is 208 Å². The molecule has 0 amide bonds. The summed E-state index contributed by atoms with van der Waals surface area (Å²) >= 11 is 0. The van der Waals surface area contributed by atoms with Crippen molar-refractivity contribution >= 4 is 0 Å². The first-order valence-electron chi connectivity index (χ1n) is 14.2. The van der Waals surface area contributed by atoms with E-state index in [-0.39, 0.29) is 12.2 Å². The van der Waals surface area contributed by atoms with Crippen molar-refractivity contribution in [1.29, 1.82) is 0 Å². The first-order chi connectivity index (χ1) is 16.8. The molecule has 0 bridgehead atoms. The maximum atomic E-state index is 6.12. The number of unbranched alkanes of at least 4 members (excludes halogenated alkanes) is 4. The Morgan fingerprint density at radius 2 is 1.26 bits per heavy atom. The van der Waals surface area contributed by atoms with Crippen LogP contribution in [0.3, 0.4) is 0 Å². The number of rotatable bonds is 11. The fraction of sp³-hybridized carbons (Fsp3) is 0.625. The maximum absolute atomic E-state index is 6.12. The molecule has 2 nitrogen and oxygen atoms in total. The molecule has 2 fully saturated rings. The summed E-state index contributed by atoms with van der Waals surface area (Å²) in [5.41, 5.74) is 5.35. The van der Waals surface area contributed by atoms with Crippen molar-refractivity contribution in [2.75, 3.05) is 13.2 Å². The van der Waals surface area contributed by atoms with E-state index in [1.54, 1.807) is 0 Å². The summed E-state index contributed by atoms with van der Waals surface area (Å²) in [5, 5.41) is 0. The molecule has 0 radical (unpaired) electrons. The SMILES string of the molecule is CCCCCCC1CCC(c2ccc(-c3ccc([C@@H]4CO[C@@H](CCCC)CO4)cc3)cc2)CC1. The van der Waals surface area contributed by atoms with Gasteiger partial charge in [0.05, 0.1) is 19.3 Å². The number of hydrogen-bond donors (Lipinski definition) is 0. The van der Waals surface area contributed by atoms with Gasteiger partial charge in [-0.05, 0) is 66.2 Å². The van der Waals surface area contributed by atoms with Crippen molar-refractivity contribution in [3.63, 3.8) is 0 Å². The summed E-state index contributed by atoms with van der Waals surface area (Å²) in [4.78, 5) is 0. The van der Waals surface area contributed by atoms with Gasteiger partial charge in [-0.1, -0.05) is 107 Å². The lowest BCUT2D eigenvalue weighted by atomic mass is 9.77. The van der Waals surface area contributed by atoms with Crippen LogP contribution in [0.2, 0.25) is 0 Å². The minimum Gasteiger partial charge on any atom is -0.373 e. The van der Waals surface area contributed by atoms with E-state index in [4.69, 9.17) is 9.47 Å². The molecule has 2 heteroatoms. The van der Waals surface area contributed by atoms with Gasteiger partial charge in [0.15, 0.2) is 0 Å². The van der Waals surface area contributed by atoms with Gasteiger partial charge in [-0.25, -0.2) is 0 Å². The van der Waals surface area contributed by atoms with Gasteiger partial charge in [0.25, 0.3) is 0 Å². The molecule has 186 valence electrons. The molecule has 1 saturated heterocycles. The van der Waals surface area contributed by atoms with Gasteiger partial charge in [0.1, 0.15) is 6.10 Å². The van der Waals surface area contributed by atoms with Crippen LogP contribution in [0.5, 0.6) is 0 Å². The second-order valence-electron chi connectivity index (χ2n) is 10.7. The Bertz CT molecular complexity index is 809. The van der Waals surface area contributed by atoms with E-state index in [1.165, 1.54) is 92.9 Å². The average Bonchev–Trinajstić information content (AvgIpc) is 2.91. The van der Waals surface area contributed by atoms with Crippen molar-refractivity contribution in [3.8, 4) is 11.1 Å². The topological polar surface area (TPSA) is 18.5 Å². The monoisotopic (exact) mass is 462 g/mol. The molecule has 2 atom stereocenters. The van der Waals surface area contributed by atoms with E-state index in [1.807, 2.05) is 0 Å². The van der Waals surface area contributed by atoms with Gasteiger partial charge in [-0.2, -0.15) is 0 Å². The Morgan fingerprint density at radius 3 is 1.85 bits per heavy atom. The van der Waals surface area contributed by atoms with E-state index >= 15 is 0 Å². The van der Waals surface area contributed by atoms with Crippen LogP contribution in [0, 0.1) is 5.92 Å². The van der Waals surface area contributed by atoms with Crippen LogP contribution in [0.1, 0.15) is 114 Å². The van der Waals surface area contributed by atoms with Crippen LogP contribution < -0.4 is 0 Å². The molecule has 0 N–H and O–H groups in total. The molecular weight excluding hydrogens is 416 g/mol. The first kappa shape index (κ1) is 25.5. The predicted octanol–water partition coefficient (Wildman–Crippen LogP) is 9.24. The minimum absolute atomic E-state index is 0.0658. The first-order valence-corrected chi connectivity index (χ1v) is 14.2. The van der Waals surface area contributed by atoms with Crippen molar-refractivity contribution in [2.24, 2.45) is 5.92 Å². The molecule has 0 aromatic heterocycles. The van der Waals surface area contributed by atoms with E-state index in [0.717, 1.165) is 18.3 Å². The maximum Gasteiger partial charge on any atom is 0.106 e. The summed E-state index contributed by atoms with van der Waals surface area (Å²) in [6.45, 7) is 5.91. The Kier molecular flexibility index (Phi) is 10.1. The number of hydrogen-bond acceptors (Lipinski definition) is 2. The fourth-order valence-electron chi connectivity index (χ4n) is 5.82. The highest BCUT2D eigenvalue weighted by atomic mass is 16.6. The molecule has 4 rings (SSSR count). The molecule has 34 heavy (non-hydrogen) atoms.